The molecule has 0 aliphatic heterocycles. The highest BCUT2D eigenvalue weighted by atomic mass is 79.9. The van der Waals surface area contributed by atoms with Gasteiger partial charge in [-0.15, -0.1) is 0 Å². The number of hydrogen-bond donors (Lipinski definition) is 1. The number of benzene rings is 2. The monoisotopic (exact) mass is 521 g/mol. The van der Waals surface area contributed by atoms with Gasteiger partial charge in [-0.2, -0.15) is 9.78 Å². The van der Waals surface area contributed by atoms with Gasteiger partial charge in [-0.05, 0) is 60.6 Å². The van der Waals surface area contributed by atoms with Crippen LogP contribution >= 0.6 is 27.7 Å². The Bertz CT molecular complexity index is 1500. The quantitative estimate of drug-likeness (QED) is 0.265. The summed E-state index contributed by atoms with van der Waals surface area (Å²) in [4.78, 5) is 25.7. The van der Waals surface area contributed by atoms with E-state index in [9.17, 15) is 4.79 Å². The summed E-state index contributed by atoms with van der Waals surface area (Å²) in [5, 5.41) is 6.38. The molecular formula is C24H20BrN5O2S. The lowest BCUT2D eigenvalue weighted by molar-refractivity contribution is 0.468. The molecule has 33 heavy (non-hydrogen) atoms. The molecule has 0 aliphatic carbocycles. The van der Waals surface area contributed by atoms with E-state index in [-0.39, 0.29) is 5.56 Å². The molecule has 7 nitrogen and oxygen atoms in total. The number of hydrogen-bond acceptors (Lipinski definition) is 6. The van der Waals surface area contributed by atoms with Crippen LogP contribution in [0.15, 0.2) is 83.6 Å². The van der Waals surface area contributed by atoms with Crippen molar-refractivity contribution < 1.29 is 4.42 Å². The summed E-state index contributed by atoms with van der Waals surface area (Å²) in [5.74, 6) is 1.17. The number of nitrogens with one attached hydrogen (secondary N) is 1. The first-order valence-electron chi connectivity index (χ1n) is 10.6. The maximum Gasteiger partial charge on any atom is 0.282 e. The first-order chi connectivity index (χ1) is 16.1. The fourth-order valence-electron chi connectivity index (χ4n) is 3.46. The SMILES string of the molecule is CCCCc1nc2ccc(Br)cc2c(=O)n1N=Cc1ccc(Sc2nc3ccccc3[nH]2)o1. The van der Waals surface area contributed by atoms with Gasteiger partial charge in [0.05, 0.1) is 28.2 Å². The highest BCUT2D eigenvalue weighted by molar-refractivity contribution is 9.10. The van der Waals surface area contributed by atoms with Crippen LogP contribution in [-0.2, 0) is 6.42 Å². The second-order valence-electron chi connectivity index (χ2n) is 7.47. The molecule has 3 aromatic heterocycles. The van der Waals surface area contributed by atoms with Gasteiger partial charge < -0.3 is 9.40 Å². The van der Waals surface area contributed by atoms with Gasteiger partial charge in [0.25, 0.3) is 5.56 Å². The number of halogens is 1. The van der Waals surface area contributed by atoms with Crippen LogP contribution in [0, 0.1) is 0 Å². The van der Waals surface area contributed by atoms with E-state index in [0.29, 0.717) is 34.0 Å². The molecule has 0 aliphatic rings. The number of imidazole rings is 1. The molecule has 0 spiro atoms. The Balaban J connectivity index is 1.43. The van der Waals surface area contributed by atoms with Crippen molar-refractivity contribution in [2.24, 2.45) is 5.10 Å². The molecular weight excluding hydrogens is 502 g/mol. The van der Waals surface area contributed by atoms with Gasteiger partial charge in [0.2, 0.25) is 0 Å². The number of nitrogens with zero attached hydrogens (tertiary/aromatic N) is 4. The number of aromatic nitrogens is 4. The Hall–Kier alpha value is -3.17. The lowest BCUT2D eigenvalue weighted by atomic mass is 10.2. The van der Waals surface area contributed by atoms with Crippen LogP contribution in [0.2, 0.25) is 0 Å². The zero-order valence-electron chi connectivity index (χ0n) is 17.8. The molecule has 3 heterocycles. The molecule has 2 aromatic carbocycles. The number of aromatic amines is 1. The van der Waals surface area contributed by atoms with Crippen LogP contribution < -0.4 is 5.56 Å². The Morgan fingerprint density at radius 3 is 2.88 bits per heavy atom. The first-order valence-corrected chi connectivity index (χ1v) is 12.2. The summed E-state index contributed by atoms with van der Waals surface area (Å²) in [7, 11) is 0. The molecule has 0 saturated heterocycles. The van der Waals surface area contributed by atoms with Gasteiger partial charge in [-0.1, -0.05) is 41.4 Å². The molecule has 0 atom stereocenters. The Morgan fingerprint density at radius 1 is 1.15 bits per heavy atom. The van der Waals surface area contributed by atoms with Gasteiger partial charge in [-0.3, -0.25) is 4.79 Å². The molecule has 0 saturated carbocycles. The second kappa shape index (κ2) is 9.36. The van der Waals surface area contributed by atoms with Crippen molar-refractivity contribution in [2.45, 2.75) is 36.4 Å². The third kappa shape index (κ3) is 4.65. The predicted molar refractivity (Wildman–Crippen MR) is 134 cm³/mol. The Labute approximate surface area is 202 Å². The number of unbranched alkanes of at least 4 members (excludes halogenated alkanes) is 1. The normalized spacial score (nSPS) is 11.8. The molecule has 0 unspecified atom stereocenters. The lowest BCUT2D eigenvalue weighted by Gasteiger charge is -2.08. The Kier molecular flexibility index (Phi) is 6.15. The molecule has 0 radical (unpaired) electrons. The zero-order valence-corrected chi connectivity index (χ0v) is 20.2. The van der Waals surface area contributed by atoms with E-state index in [1.807, 2.05) is 48.5 Å². The summed E-state index contributed by atoms with van der Waals surface area (Å²) in [6.07, 6.45) is 4.13. The standard InChI is InChI=1S/C24H20BrN5O2S/c1-2-3-8-21-27-18-11-9-15(25)13-17(18)23(31)30(21)26-14-16-10-12-22(32-16)33-24-28-19-6-4-5-7-20(19)29-24/h4-7,9-14H,2-3,8H2,1H3,(H,28,29). The van der Waals surface area contributed by atoms with Crippen molar-refractivity contribution >= 4 is 55.8 Å². The van der Waals surface area contributed by atoms with E-state index in [1.165, 1.54) is 16.4 Å². The number of para-hydroxylation sites is 2. The van der Waals surface area contributed by atoms with E-state index in [0.717, 1.165) is 33.5 Å². The van der Waals surface area contributed by atoms with Crippen LogP contribution in [0.4, 0.5) is 0 Å². The van der Waals surface area contributed by atoms with Crippen molar-refractivity contribution in [1.29, 1.82) is 0 Å². The topological polar surface area (TPSA) is 89.1 Å². The van der Waals surface area contributed by atoms with Crippen molar-refractivity contribution in [1.82, 2.24) is 19.6 Å². The number of furan rings is 1. The largest absolute Gasteiger partial charge is 0.448 e. The zero-order chi connectivity index (χ0) is 22.8. The average molecular weight is 522 g/mol. The highest BCUT2D eigenvalue weighted by Gasteiger charge is 2.12. The fourth-order valence-corrected chi connectivity index (χ4v) is 4.59. The minimum atomic E-state index is -0.202. The summed E-state index contributed by atoms with van der Waals surface area (Å²) in [6, 6.07) is 17.0. The third-order valence-electron chi connectivity index (χ3n) is 5.10. The molecule has 166 valence electrons. The van der Waals surface area contributed by atoms with Crippen LogP contribution in [-0.4, -0.2) is 25.8 Å². The van der Waals surface area contributed by atoms with E-state index in [4.69, 9.17) is 4.42 Å². The molecule has 0 fully saturated rings. The first kappa shape index (κ1) is 21.7. The van der Waals surface area contributed by atoms with Crippen molar-refractivity contribution in [3.05, 3.63) is 81.0 Å². The minimum absolute atomic E-state index is 0.202. The van der Waals surface area contributed by atoms with Gasteiger partial charge in [-0.25, -0.2) is 9.97 Å². The van der Waals surface area contributed by atoms with Crippen LogP contribution in [0.1, 0.15) is 31.4 Å². The van der Waals surface area contributed by atoms with E-state index in [2.05, 4.69) is 42.9 Å². The predicted octanol–water partition coefficient (Wildman–Crippen LogP) is 6.00. The van der Waals surface area contributed by atoms with Crippen molar-refractivity contribution in [2.75, 3.05) is 0 Å². The summed E-state index contributed by atoms with van der Waals surface area (Å²) in [6.45, 7) is 2.11. The van der Waals surface area contributed by atoms with Gasteiger partial charge in [0.1, 0.15) is 11.6 Å². The molecule has 0 amide bonds. The number of fused-ring (bicyclic) bond motifs is 2. The molecule has 0 bridgehead atoms. The van der Waals surface area contributed by atoms with E-state index in [1.54, 1.807) is 12.3 Å². The second-order valence-corrected chi connectivity index (χ2v) is 9.38. The number of rotatable bonds is 7. The van der Waals surface area contributed by atoms with Gasteiger partial charge in [0.15, 0.2) is 10.2 Å². The fraction of sp³-hybridized carbons (Fsp3) is 0.167. The Morgan fingerprint density at radius 2 is 2.03 bits per heavy atom. The summed E-state index contributed by atoms with van der Waals surface area (Å²) >= 11 is 4.82. The lowest BCUT2D eigenvalue weighted by Crippen LogP contribution is -2.22. The third-order valence-corrected chi connectivity index (χ3v) is 6.40. The molecule has 9 heteroatoms. The molecule has 5 rings (SSSR count). The molecule has 1 N–H and O–H groups in total. The number of H-pyrrole nitrogens is 1. The van der Waals surface area contributed by atoms with Crippen LogP contribution in [0.25, 0.3) is 21.9 Å². The maximum atomic E-state index is 13.2. The highest BCUT2D eigenvalue weighted by Crippen LogP contribution is 2.28. The molecule has 5 aromatic rings. The van der Waals surface area contributed by atoms with Crippen molar-refractivity contribution in [3.8, 4) is 0 Å². The summed E-state index contributed by atoms with van der Waals surface area (Å²) < 4.78 is 8.08. The van der Waals surface area contributed by atoms with E-state index >= 15 is 0 Å². The smallest absolute Gasteiger partial charge is 0.282 e. The van der Waals surface area contributed by atoms with Gasteiger partial charge >= 0.3 is 0 Å². The maximum absolute atomic E-state index is 13.2. The average Bonchev–Trinajstić information content (AvgIpc) is 3.44. The van der Waals surface area contributed by atoms with Crippen LogP contribution in [0.5, 0.6) is 0 Å². The minimum Gasteiger partial charge on any atom is -0.448 e. The van der Waals surface area contributed by atoms with Gasteiger partial charge in [0, 0.05) is 10.9 Å². The number of aryl methyl sites for hydroxylation is 1. The summed E-state index contributed by atoms with van der Waals surface area (Å²) in [5.41, 5.74) is 2.35. The van der Waals surface area contributed by atoms with Crippen LogP contribution in [0.3, 0.4) is 0 Å². The van der Waals surface area contributed by atoms with E-state index < -0.39 is 0 Å². The van der Waals surface area contributed by atoms with Crippen molar-refractivity contribution in [3.63, 3.8) is 0 Å².